The molecule has 0 spiro atoms. The summed E-state index contributed by atoms with van der Waals surface area (Å²) in [5, 5.41) is 10.7. The highest BCUT2D eigenvalue weighted by molar-refractivity contribution is 5.92. The van der Waals surface area contributed by atoms with Crippen LogP contribution in [0, 0.1) is 16.0 Å². The van der Waals surface area contributed by atoms with Gasteiger partial charge in [0.05, 0.1) is 10.8 Å². The fraction of sp³-hybridized carbons (Fsp3) is 0.353. The van der Waals surface area contributed by atoms with Gasteiger partial charge >= 0.3 is 6.18 Å². The number of carbonyl (C=O) groups is 1. The van der Waals surface area contributed by atoms with E-state index in [4.69, 9.17) is 4.42 Å². The second-order valence-corrected chi connectivity index (χ2v) is 6.10. The van der Waals surface area contributed by atoms with E-state index in [-0.39, 0.29) is 37.4 Å². The van der Waals surface area contributed by atoms with Gasteiger partial charge in [-0.25, -0.2) is 0 Å². The number of nitrogens with zero attached hydrogens (tertiary/aromatic N) is 2. The zero-order valence-corrected chi connectivity index (χ0v) is 13.5. The van der Waals surface area contributed by atoms with Crippen molar-refractivity contribution in [3.63, 3.8) is 0 Å². The Bertz CT molecular complexity index is 814. The summed E-state index contributed by atoms with van der Waals surface area (Å²) in [6.45, 7) is -0.130. The van der Waals surface area contributed by atoms with Gasteiger partial charge in [-0.3, -0.25) is 14.9 Å². The number of hydrogen-bond acceptors (Lipinski definition) is 4. The van der Waals surface area contributed by atoms with Gasteiger partial charge < -0.3 is 9.32 Å². The molecule has 1 aromatic carbocycles. The molecule has 1 aromatic heterocycles. The minimum absolute atomic E-state index is 0.0134. The van der Waals surface area contributed by atoms with Gasteiger partial charge in [-0.15, -0.1) is 0 Å². The third-order valence-electron chi connectivity index (χ3n) is 4.35. The van der Waals surface area contributed by atoms with E-state index >= 15 is 0 Å². The number of likely N-dealkylation sites (tertiary alicyclic amines) is 1. The van der Waals surface area contributed by atoms with Crippen molar-refractivity contribution in [2.24, 2.45) is 5.92 Å². The quantitative estimate of drug-likeness (QED) is 0.599. The maximum Gasteiger partial charge on any atom is 0.393 e. The monoisotopic (exact) mass is 368 g/mol. The molecule has 0 unspecified atom stereocenters. The van der Waals surface area contributed by atoms with E-state index in [2.05, 4.69) is 0 Å². The van der Waals surface area contributed by atoms with Crippen molar-refractivity contribution in [1.82, 2.24) is 4.90 Å². The molecule has 26 heavy (non-hydrogen) atoms. The minimum atomic E-state index is -4.33. The van der Waals surface area contributed by atoms with Crippen LogP contribution in [0.3, 0.4) is 0 Å². The van der Waals surface area contributed by atoms with Gasteiger partial charge in [0.25, 0.3) is 11.6 Å². The molecule has 2 aromatic rings. The van der Waals surface area contributed by atoms with E-state index in [1.165, 1.54) is 36.4 Å². The van der Waals surface area contributed by atoms with Gasteiger partial charge in [-0.05, 0) is 37.1 Å². The Morgan fingerprint density at radius 1 is 1.19 bits per heavy atom. The molecule has 1 aliphatic rings. The van der Waals surface area contributed by atoms with E-state index in [1.54, 1.807) is 0 Å². The van der Waals surface area contributed by atoms with Crippen molar-refractivity contribution in [2.75, 3.05) is 13.1 Å². The van der Waals surface area contributed by atoms with Crippen LogP contribution in [0.25, 0.3) is 11.3 Å². The van der Waals surface area contributed by atoms with Crippen LogP contribution in [0.4, 0.5) is 18.9 Å². The summed E-state index contributed by atoms with van der Waals surface area (Å²) in [7, 11) is 0. The normalized spacial score (nSPS) is 18.0. The van der Waals surface area contributed by atoms with Crippen molar-refractivity contribution in [3.05, 3.63) is 52.3 Å². The standard InChI is InChI=1S/C17H15F3N2O4/c18-17(19,20)12-2-1-9-21(10-12)16(23)15-8-7-14(26-15)11-3-5-13(6-4-11)22(24)25/h3-8,12H,1-2,9-10H2/t12-/m1/s1. The van der Waals surface area contributed by atoms with Crippen LogP contribution in [0.1, 0.15) is 23.4 Å². The average Bonchev–Trinajstić information content (AvgIpc) is 3.10. The number of rotatable bonds is 3. The van der Waals surface area contributed by atoms with Crippen molar-refractivity contribution < 1.29 is 27.3 Å². The lowest BCUT2D eigenvalue weighted by molar-refractivity contribution is -0.384. The van der Waals surface area contributed by atoms with Gasteiger partial charge in [0.2, 0.25) is 0 Å². The number of piperidine rings is 1. The molecular weight excluding hydrogens is 353 g/mol. The molecule has 0 radical (unpaired) electrons. The molecule has 1 fully saturated rings. The molecule has 0 bridgehead atoms. The molecule has 1 atom stereocenters. The van der Waals surface area contributed by atoms with E-state index < -0.39 is 22.9 Å². The highest BCUT2D eigenvalue weighted by Crippen LogP contribution is 2.34. The molecular formula is C17H15F3N2O4. The lowest BCUT2D eigenvalue weighted by Crippen LogP contribution is -2.44. The Labute approximate surface area is 146 Å². The molecule has 9 heteroatoms. The number of carbonyl (C=O) groups excluding carboxylic acids is 1. The summed E-state index contributed by atoms with van der Waals surface area (Å²) in [6, 6.07) is 8.48. The molecule has 6 nitrogen and oxygen atoms in total. The fourth-order valence-corrected chi connectivity index (χ4v) is 2.94. The maximum atomic E-state index is 12.9. The van der Waals surface area contributed by atoms with Gasteiger partial charge in [0.15, 0.2) is 5.76 Å². The van der Waals surface area contributed by atoms with Crippen LogP contribution in [0.15, 0.2) is 40.8 Å². The van der Waals surface area contributed by atoms with Crippen molar-refractivity contribution in [3.8, 4) is 11.3 Å². The predicted molar refractivity (Wildman–Crippen MR) is 85.5 cm³/mol. The fourth-order valence-electron chi connectivity index (χ4n) is 2.94. The van der Waals surface area contributed by atoms with Gasteiger partial charge in [-0.2, -0.15) is 13.2 Å². The van der Waals surface area contributed by atoms with Crippen LogP contribution in [0.2, 0.25) is 0 Å². The van der Waals surface area contributed by atoms with E-state index in [0.717, 1.165) is 4.90 Å². The average molecular weight is 368 g/mol. The van der Waals surface area contributed by atoms with Gasteiger partial charge in [0.1, 0.15) is 5.76 Å². The molecule has 1 saturated heterocycles. The van der Waals surface area contributed by atoms with Crippen LogP contribution in [-0.2, 0) is 0 Å². The molecule has 0 saturated carbocycles. The topological polar surface area (TPSA) is 76.6 Å². The third-order valence-corrected chi connectivity index (χ3v) is 4.35. The minimum Gasteiger partial charge on any atom is -0.451 e. The number of nitro groups is 1. The molecule has 1 amide bonds. The Morgan fingerprint density at radius 2 is 1.88 bits per heavy atom. The summed E-state index contributed by atoms with van der Waals surface area (Å²) in [6.07, 6.45) is -4.03. The summed E-state index contributed by atoms with van der Waals surface area (Å²) >= 11 is 0. The Balaban J connectivity index is 1.74. The first-order chi connectivity index (χ1) is 12.3. The Hall–Kier alpha value is -2.84. The lowest BCUT2D eigenvalue weighted by Gasteiger charge is -2.33. The number of furan rings is 1. The summed E-state index contributed by atoms with van der Waals surface area (Å²) in [4.78, 5) is 23.7. The molecule has 2 heterocycles. The van der Waals surface area contributed by atoms with E-state index in [1.807, 2.05) is 0 Å². The van der Waals surface area contributed by atoms with Crippen LogP contribution in [-0.4, -0.2) is 35.0 Å². The summed E-state index contributed by atoms with van der Waals surface area (Å²) in [5.41, 5.74) is 0.449. The number of hydrogen-bond donors (Lipinski definition) is 0. The van der Waals surface area contributed by atoms with Crippen LogP contribution in [0.5, 0.6) is 0 Å². The second-order valence-electron chi connectivity index (χ2n) is 6.10. The first kappa shape index (κ1) is 18.0. The molecule has 1 aliphatic heterocycles. The molecule has 138 valence electrons. The first-order valence-electron chi connectivity index (χ1n) is 7.96. The zero-order chi connectivity index (χ0) is 18.9. The van der Waals surface area contributed by atoms with Crippen LogP contribution < -0.4 is 0 Å². The number of non-ortho nitro benzene ring substituents is 1. The molecule has 3 rings (SSSR count). The highest BCUT2D eigenvalue weighted by Gasteiger charge is 2.43. The van der Waals surface area contributed by atoms with Crippen molar-refractivity contribution in [1.29, 1.82) is 0 Å². The number of alkyl halides is 3. The van der Waals surface area contributed by atoms with Gasteiger partial charge in [-0.1, -0.05) is 0 Å². The van der Waals surface area contributed by atoms with Crippen molar-refractivity contribution in [2.45, 2.75) is 19.0 Å². The first-order valence-corrected chi connectivity index (χ1v) is 7.96. The summed E-state index contributed by atoms with van der Waals surface area (Å²) in [5.74, 6) is -1.86. The number of benzene rings is 1. The smallest absolute Gasteiger partial charge is 0.393 e. The number of amides is 1. The molecule has 0 N–H and O–H groups in total. The lowest BCUT2D eigenvalue weighted by atomic mass is 9.97. The van der Waals surface area contributed by atoms with Crippen molar-refractivity contribution >= 4 is 11.6 Å². The largest absolute Gasteiger partial charge is 0.451 e. The second kappa shape index (κ2) is 6.81. The van der Waals surface area contributed by atoms with E-state index in [9.17, 15) is 28.1 Å². The highest BCUT2D eigenvalue weighted by atomic mass is 19.4. The molecule has 0 aliphatic carbocycles. The number of nitro benzene ring substituents is 1. The maximum absolute atomic E-state index is 12.9. The SMILES string of the molecule is O=C(c1ccc(-c2ccc([N+](=O)[O-])cc2)o1)N1CCC[C@@H](C(F)(F)F)C1. The summed E-state index contributed by atoms with van der Waals surface area (Å²) < 4.78 is 44.1. The number of halogens is 3. The Morgan fingerprint density at radius 3 is 2.50 bits per heavy atom. The Kier molecular flexibility index (Phi) is 4.71. The van der Waals surface area contributed by atoms with Crippen LogP contribution >= 0.6 is 0 Å². The van der Waals surface area contributed by atoms with E-state index in [0.29, 0.717) is 11.3 Å². The van der Waals surface area contributed by atoms with Gasteiger partial charge in [0, 0.05) is 30.8 Å². The zero-order valence-electron chi connectivity index (χ0n) is 13.5. The predicted octanol–water partition coefficient (Wildman–Crippen LogP) is 4.27. The third kappa shape index (κ3) is 3.71.